The molecule has 0 amide bonds. The van der Waals surface area contributed by atoms with E-state index in [9.17, 15) is 0 Å². The minimum atomic E-state index is 0.736. The quantitative estimate of drug-likeness (QED) is 0.140. The van der Waals surface area contributed by atoms with Crippen molar-refractivity contribution in [3.05, 3.63) is 5.53 Å². The molecule has 0 aliphatic carbocycles. The van der Waals surface area contributed by atoms with Crippen molar-refractivity contribution in [2.75, 3.05) is 0 Å². The average Bonchev–Trinajstić information content (AvgIpc) is 1.41. The van der Waals surface area contributed by atoms with Crippen LogP contribution in [-0.2, 0) is 0 Å². The normalized spacial score (nSPS) is 5.00. The van der Waals surface area contributed by atoms with Crippen LogP contribution in [0.1, 0.15) is 0 Å². The summed E-state index contributed by atoms with van der Waals surface area (Å²) in [5, 5.41) is 7.51. The van der Waals surface area contributed by atoms with E-state index in [0.717, 1.165) is 6.34 Å². The summed E-state index contributed by atoms with van der Waals surface area (Å²) in [4.78, 5) is 2.37. The third kappa shape index (κ3) is 3.14. The molecular weight excluding hydrogens is 70.0 g/mol. The van der Waals surface area contributed by atoms with Gasteiger partial charge in [0.25, 0.3) is 0 Å². The van der Waals surface area contributed by atoms with Crippen molar-refractivity contribution >= 4 is 6.34 Å². The Labute approximate surface area is 28.6 Å². The average molecular weight is 73.1 g/mol. The molecule has 5 heavy (non-hydrogen) atoms. The molecule has 0 rings (SSSR count). The first-order valence-corrected chi connectivity index (χ1v) is 0.970. The molecule has 0 saturated heterocycles. The number of hydroxylamine groups is 1. The fourth-order valence-electron chi connectivity index (χ4n) is 0.0258. The van der Waals surface area contributed by atoms with Crippen LogP contribution in [0.25, 0.3) is 5.53 Å². The van der Waals surface area contributed by atoms with Gasteiger partial charge in [-0.3, -0.25) is 0 Å². The number of hydrogen-bond acceptors (Lipinski definition) is 1. The molecule has 0 aliphatic rings. The van der Waals surface area contributed by atoms with Gasteiger partial charge in [-0.15, -0.1) is 5.48 Å². The van der Waals surface area contributed by atoms with Crippen LogP contribution in [0.2, 0.25) is 0 Å². The number of hydrogen-bond donors (Lipinski definition) is 2. The van der Waals surface area contributed by atoms with Crippen molar-refractivity contribution in [1.29, 1.82) is 0 Å². The maximum Gasteiger partial charge on any atom is 0.344 e. The van der Waals surface area contributed by atoms with Gasteiger partial charge in [0.15, 0.2) is 0 Å². The van der Waals surface area contributed by atoms with Gasteiger partial charge in [0, 0.05) is 0 Å². The molecule has 0 saturated carbocycles. The van der Waals surface area contributed by atoms with Gasteiger partial charge in [-0.2, -0.15) is 0 Å². The Kier molecular flexibility index (Phi) is 2.60. The summed E-state index contributed by atoms with van der Waals surface area (Å²) < 4.78 is 0. The first kappa shape index (κ1) is 4.14. The Morgan fingerprint density at radius 2 is 2.60 bits per heavy atom. The van der Waals surface area contributed by atoms with E-state index in [1.165, 1.54) is 5.48 Å². The van der Waals surface area contributed by atoms with Crippen molar-refractivity contribution in [3.8, 4) is 0 Å². The van der Waals surface area contributed by atoms with Crippen molar-refractivity contribution in [2.24, 2.45) is 0 Å². The highest BCUT2D eigenvalue weighted by atomic mass is 16.5. The van der Waals surface area contributed by atoms with Gasteiger partial charge in [-0.25, -0.2) is 5.21 Å². The second kappa shape index (κ2) is 3.14. The summed E-state index contributed by atoms with van der Waals surface area (Å²) in [5.41, 5.74) is 8.89. The van der Waals surface area contributed by atoms with Gasteiger partial charge in [0.1, 0.15) is 0 Å². The number of rotatable bonds is 1. The van der Waals surface area contributed by atoms with Crippen LogP contribution in [0, 0.1) is 0 Å². The lowest BCUT2D eigenvalue weighted by atomic mass is 11.4. The highest BCUT2D eigenvalue weighted by molar-refractivity contribution is 5.44. The van der Waals surface area contributed by atoms with Crippen LogP contribution in [0.5, 0.6) is 0 Å². The van der Waals surface area contributed by atoms with Crippen molar-refractivity contribution in [3.63, 3.8) is 0 Å². The van der Waals surface area contributed by atoms with E-state index in [1.54, 1.807) is 0 Å². The SMILES string of the molecule is [N-]=[N+]=CNO. The van der Waals surface area contributed by atoms with E-state index in [2.05, 4.69) is 4.79 Å². The topological polar surface area (TPSA) is 68.7 Å². The van der Waals surface area contributed by atoms with Crippen LogP contribution in [0.4, 0.5) is 0 Å². The molecule has 0 radical (unpaired) electrons. The lowest BCUT2D eigenvalue weighted by Crippen LogP contribution is -2.01. The van der Waals surface area contributed by atoms with E-state index < -0.39 is 0 Å². The molecule has 28 valence electrons. The van der Waals surface area contributed by atoms with E-state index >= 15 is 0 Å². The monoisotopic (exact) mass is 73.0 g/mol. The summed E-state index contributed by atoms with van der Waals surface area (Å²) in [6.07, 6.45) is 0.736. The second-order valence-corrected chi connectivity index (χ2v) is 0.374. The fraction of sp³-hybridized carbons (Fsp3) is 0. The number of nitrogens with zero attached hydrogens (tertiary/aromatic N) is 2. The molecule has 4 nitrogen and oxygen atoms in total. The van der Waals surface area contributed by atoms with E-state index in [1.807, 2.05) is 0 Å². The Hall–Kier alpha value is -0.860. The van der Waals surface area contributed by atoms with Crippen molar-refractivity contribution < 1.29 is 10.00 Å². The maximum absolute atomic E-state index is 7.51. The Bertz CT molecular complexity index is 53.9. The standard InChI is InChI=1S/CH3N3O/c2-3-1-4-5/h1,4-5H. The lowest BCUT2D eigenvalue weighted by Gasteiger charge is -1.60. The third-order valence-electron chi connectivity index (χ3n) is 0.115. The number of nitrogens with one attached hydrogen (secondary N) is 1. The Morgan fingerprint density at radius 1 is 2.00 bits per heavy atom. The smallest absolute Gasteiger partial charge is 0.344 e. The Balaban J connectivity index is 2.93. The van der Waals surface area contributed by atoms with Gasteiger partial charge >= 0.3 is 6.34 Å². The summed E-state index contributed by atoms with van der Waals surface area (Å²) in [6.45, 7) is 0. The molecule has 0 atom stereocenters. The first-order valence-electron chi connectivity index (χ1n) is 0.970. The minimum absolute atomic E-state index is 0.736. The molecule has 4 heteroatoms. The molecule has 0 aromatic rings. The zero-order chi connectivity index (χ0) is 4.12. The summed E-state index contributed by atoms with van der Waals surface area (Å²) in [6, 6.07) is 0. The first-order chi connectivity index (χ1) is 2.41. The van der Waals surface area contributed by atoms with E-state index in [-0.39, 0.29) is 0 Å². The molecule has 0 fully saturated rings. The molecular formula is CH3N3O. The van der Waals surface area contributed by atoms with Gasteiger partial charge in [-0.05, 0) is 0 Å². The van der Waals surface area contributed by atoms with Gasteiger partial charge in [0.05, 0.1) is 0 Å². The molecule has 0 bridgehead atoms. The van der Waals surface area contributed by atoms with Crippen LogP contribution >= 0.6 is 0 Å². The zero-order valence-electron chi connectivity index (χ0n) is 2.42. The molecule has 0 aliphatic heterocycles. The van der Waals surface area contributed by atoms with Gasteiger partial charge in [-0.1, -0.05) is 0 Å². The predicted octanol–water partition coefficient (Wildman–Crippen LogP) is -0.777. The highest BCUT2D eigenvalue weighted by Gasteiger charge is 1.55. The molecule has 0 spiro atoms. The van der Waals surface area contributed by atoms with E-state index in [0.29, 0.717) is 0 Å². The second-order valence-electron chi connectivity index (χ2n) is 0.374. The third-order valence-corrected chi connectivity index (χ3v) is 0.115. The predicted molar refractivity (Wildman–Crippen MR) is 14.6 cm³/mol. The molecule has 0 heterocycles. The summed E-state index contributed by atoms with van der Waals surface area (Å²) >= 11 is 0. The van der Waals surface area contributed by atoms with E-state index in [4.69, 9.17) is 10.7 Å². The minimum Gasteiger partial charge on any atom is -0.498 e. The van der Waals surface area contributed by atoms with Gasteiger partial charge < -0.3 is 10.3 Å². The van der Waals surface area contributed by atoms with Gasteiger partial charge in [0.2, 0.25) is 0 Å². The van der Waals surface area contributed by atoms with Crippen LogP contribution in [0.3, 0.4) is 0 Å². The molecule has 0 aromatic carbocycles. The highest BCUT2D eigenvalue weighted by Crippen LogP contribution is 1.15. The largest absolute Gasteiger partial charge is 0.498 e. The van der Waals surface area contributed by atoms with Crippen molar-refractivity contribution in [1.82, 2.24) is 5.48 Å². The molecule has 0 unspecified atom stereocenters. The molecule has 2 N–H and O–H groups in total. The zero-order valence-corrected chi connectivity index (χ0v) is 2.42. The van der Waals surface area contributed by atoms with Crippen molar-refractivity contribution in [2.45, 2.75) is 0 Å². The van der Waals surface area contributed by atoms with Crippen LogP contribution < -0.4 is 5.48 Å². The molecule has 0 aromatic heterocycles. The van der Waals surface area contributed by atoms with Crippen LogP contribution in [0.15, 0.2) is 0 Å². The fourth-order valence-corrected chi connectivity index (χ4v) is 0.0258. The summed E-state index contributed by atoms with van der Waals surface area (Å²) in [7, 11) is 0. The lowest BCUT2D eigenvalue weighted by molar-refractivity contribution is -0.0125. The Morgan fingerprint density at radius 3 is 2.60 bits per heavy atom. The maximum atomic E-state index is 7.51. The van der Waals surface area contributed by atoms with Crippen LogP contribution in [-0.4, -0.2) is 16.3 Å². The summed E-state index contributed by atoms with van der Waals surface area (Å²) in [5.74, 6) is 0.